The minimum atomic E-state index is -0.626. The monoisotopic (exact) mass is 361 g/mol. The Morgan fingerprint density at radius 2 is 1.73 bits per heavy atom. The van der Waals surface area contributed by atoms with Gasteiger partial charge in [-0.1, -0.05) is 30.3 Å². The number of carbonyl (C=O) groups is 3. The van der Waals surface area contributed by atoms with E-state index in [0.29, 0.717) is 12.8 Å². The Labute approximate surface area is 154 Å². The highest BCUT2D eigenvalue weighted by Crippen LogP contribution is 2.45. The summed E-state index contributed by atoms with van der Waals surface area (Å²) in [4.78, 5) is 34.8. The maximum atomic E-state index is 11.9. The quantitative estimate of drug-likeness (QED) is 0.815. The zero-order valence-electron chi connectivity index (χ0n) is 15.8. The highest BCUT2D eigenvalue weighted by Gasteiger charge is 2.49. The molecule has 26 heavy (non-hydrogen) atoms. The third-order valence-electron chi connectivity index (χ3n) is 5.09. The van der Waals surface area contributed by atoms with E-state index in [-0.39, 0.29) is 42.4 Å². The molecule has 4 atom stereocenters. The molecule has 0 aromatic heterocycles. The number of carbonyl (C=O) groups excluding carboxylic acids is 3. The van der Waals surface area contributed by atoms with Crippen molar-refractivity contribution in [2.24, 2.45) is 5.92 Å². The van der Waals surface area contributed by atoms with Crippen molar-refractivity contribution in [1.29, 1.82) is 0 Å². The molecule has 1 saturated carbocycles. The highest BCUT2D eigenvalue weighted by molar-refractivity contribution is 5.74. The fourth-order valence-electron chi connectivity index (χ4n) is 3.98. The molecule has 0 radical (unpaired) electrons. The fraction of sp³-hybridized carbons (Fsp3) is 0.550. The van der Waals surface area contributed by atoms with E-state index in [0.717, 1.165) is 5.56 Å². The number of rotatable bonds is 5. The molecule has 0 unspecified atom stereocenters. The van der Waals surface area contributed by atoms with Crippen molar-refractivity contribution in [2.45, 2.75) is 58.1 Å². The Kier molecular flexibility index (Phi) is 6.40. The maximum Gasteiger partial charge on any atom is 0.302 e. The second kappa shape index (κ2) is 8.34. The van der Waals surface area contributed by atoms with Gasteiger partial charge in [0.25, 0.3) is 0 Å². The molecule has 0 bridgehead atoms. The third-order valence-corrected chi connectivity index (χ3v) is 5.09. The smallest absolute Gasteiger partial charge is 0.302 e. The predicted molar refractivity (Wildman–Crippen MR) is 96.3 cm³/mol. The standard InChI is InChI=1S/C20H27NO5/c1-13(22)21-20(4)17(12-25-14(2)23)10-18(26-15(3)24)11-19(20)16-8-6-5-7-9-16/h5-9,17-19H,10-12H2,1-4H3,(H,21,22)/t17-,18+,19-,20+/m0/s1. The van der Waals surface area contributed by atoms with Crippen LogP contribution in [0.1, 0.15) is 52.0 Å². The topological polar surface area (TPSA) is 81.7 Å². The number of amides is 1. The van der Waals surface area contributed by atoms with E-state index in [4.69, 9.17) is 9.47 Å². The summed E-state index contributed by atoms with van der Waals surface area (Å²) >= 11 is 0. The first-order chi connectivity index (χ1) is 12.2. The average molecular weight is 361 g/mol. The first-order valence-electron chi connectivity index (χ1n) is 8.86. The predicted octanol–water partition coefficient (Wildman–Crippen LogP) is 2.57. The van der Waals surface area contributed by atoms with E-state index in [9.17, 15) is 14.4 Å². The fourth-order valence-corrected chi connectivity index (χ4v) is 3.98. The normalized spacial score (nSPS) is 28.1. The lowest BCUT2D eigenvalue weighted by molar-refractivity contribution is -0.155. The van der Waals surface area contributed by atoms with Gasteiger partial charge >= 0.3 is 11.9 Å². The SMILES string of the molecule is CC(=O)N[C@]1(C)[C@H](COC(C)=O)C[C@@H](OC(C)=O)C[C@H]1c1ccccc1. The number of benzene rings is 1. The Morgan fingerprint density at radius 1 is 1.08 bits per heavy atom. The molecule has 0 saturated heterocycles. The van der Waals surface area contributed by atoms with Crippen molar-refractivity contribution < 1.29 is 23.9 Å². The van der Waals surface area contributed by atoms with Crippen LogP contribution in [0.5, 0.6) is 0 Å². The van der Waals surface area contributed by atoms with Crippen molar-refractivity contribution >= 4 is 17.8 Å². The van der Waals surface area contributed by atoms with E-state index in [1.165, 1.54) is 20.8 Å². The van der Waals surface area contributed by atoms with Crippen LogP contribution in [0.25, 0.3) is 0 Å². The van der Waals surface area contributed by atoms with Gasteiger partial charge in [-0.15, -0.1) is 0 Å². The van der Waals surface area contributed by atoms with Gasteiger partial charge in [0.05, 0.1) is 12.1 Å². The summed E-state index contributed by atoms with van der Waals surface area (Å²) < 4.78 is 10.8. The minimum Gasteiger partial charge on any atom is -0.465 e. The van der Waals surface area contributed by atoms with Crippen molar-refractivity contribution in [3.8, 4) is 0 Å². The summed E-state index contributed by atoms with van der Waals surface area (Å²) in [5.41, 5.74) is 0.424. The highest BCUT2D eigenvalue weighted by atomic mass is 16.5. The second-order valence-corrected chi connectivity index (χ2v) is 7.13. The summed E-state index contributed by atoms with van der Waals surface area (Å²) in [6.45, 7) is 6.36. The molecule has 1 aromatic carbocycles. The zero-order valence-corrected chi connectivity index (χ0v) is 15.8. The Hall–Kier alpha value is -2.37. The van der Waals surface area contributed by atoms with Crippen LogP contribution in [-0.2, 0) is 23.9 Å². The average Bonchev–Trinajstić information content (AvgIpc) is 2.54. The molecule has 1 aromatic rings. The first-order valence-corrected chi connectivity index (χ1v) is 8.86. The Balaban J connectivity index is 2.41. The number of ether oxygens (including phenoxy) is 2. The third kappa shape index (κ3) is 4.84. The number of esters is 2. The van der Waals surface area contributed by atoms with Gasteiger partial charge in [0, 0.05) is 32.6 Å². The van der Waals surface area contributed by atoms with Crippen LogP contribution in [0.15, 0.2) is 30.3 Å². The first kappa shape index (κ1) is 19.9. The van der Waals surface area contributed by atoms with Gasteiger partial charge in [-0.3, -0.25) is 14.4 Å². The summed E-state index contributed by atoms with van der Waals surface area (Å²) in [7, 11) is 0. The van der Waals surface area contributed by atoms with Gasteiger partial charge in [0.15, 0.2) is 0 Å². The van der Waals surface area contributed by atoms with E-state index in [1.807, 2.05) is 37.3 Å². The maximum absolute atomic E-state index is 11.9. The van der Waals surface area contributed by atoms with Crippen LogP contribution in [0.4, 0.5) is 0 Å². The van der Waals surface area contributed by atoms with Gasteiger partial charge < -0.3 is 14.8 Å². The number of hydrogen-bond acceptors (Lipinski definition) is 5. The van der Waals surface area contributed by atoms with Gasteiger partial charge in [-0.05, 0) is 25.3 Å². The molecule has 6 heteroatoms. The molecule has 2 rings (SSSR count). The van der Waals surface area contributed by atoms with Crippen LogP contribution >= 0.6 is 0 Å². The van der Waals surface area contributed by atoms with E-state index >= 15 is 0 Å². The van der Waals surface area contributed by atoms with Gasteiger partial charge in [0.2, 0.25) is 5.91 Å². The van der Waals surface area contributed by atoms with Crippen molar-refractivity contribution in [3.63, 3.8) is 0 Å². The molecule has 1 N–H and O–H groups in total. The van der Waals surface area contributed by atoms with Crippen LogP contribution in [0.3, 0.4) is 0 Å². The molecular weight excluding hydrogens is 334 g/mol. The Bertz CT molecular complexity index is 659. The summed E-state index contributed by atoms with van der Waals surface area (Å²) in [5, 5.41) is 3.08. The molecule has 0 spiro atoms. The van der Waals surface area contributed by atoms with Crippen LogP contribution in [-0.4, -0.2) is 36.1 Å². The van der Waals surface area contributed by atoms with Gasteiger partial charge in [-0.2, -0.15) is 0 Å². The molecule has 6 nitrogen and oxygen atoms in total. The molecule has 142 valence electrons. The molecule has 1 fully saturated rings. The van der Waals surface area contributed by atoms with Crippen molar-refractivity contribution in [2.75, 3.05) is 6.61 Å². The molecule has 1 aliphatic rings. The molecule has 1 amide bonds. The van der Waals surface area contributed by atoms with Crippen LogP contribution in [0.2, 0.25) is 0 Å². The summed E-state index contributed by atoms with van der Waals surface area (Å²) in [5.74, 6) is -1.12. The summed E-state index contributed by atoms with van der Waals surface area (Å²) in [6, 6.07) is 9.83. The number of hydrogen-bond donors (Lipinski definition) is 1. The lowest BCUT2D eigenvalue weighted by atomic mass is 9.63. The molecule has 1 aliphatic carbocycles. The Morgan fingerprint density at radius 3 is 2.27 bits per heavy atom. The molecule has 0 aliphatic heterocycles. The lowest BCUT2D eigenvalue weighted by Crippen LogP contribution is -2.60. The summed E-state index contributed by atoms with van der Waals surface area (Å²) in [6.07, 6.45) is 0.823. The minimum absolute atomic E-state index is 0.0775. The number of nitrogens with one attached hydrogen (secondary N) is 1. The van der Waals surface area contributed by atoms with Crippen molar-refractivity contribution in [3.05, 3.63) is 35.9 Å². The largest absolute Gasteiger partial charge is 0.465 e. The van der Waals surface area contributed by atoms with E-state index in [2.05, 4.69) is 5.32 Å². The van der Waals surface area contributed by atoms with Gasteiger partial charge in [0.1, 0.15) is 6.10 Å². The lowest BCUT2D eigenvalue weighted by Gasteiger charge is -2.49. The van der Waals surface area contributed by atoms with Crippen LogP contribution in [0, 0.1) is 5.92 Å². The zero-order chi connectivity index (χ0) is 19.3. The molecule has 0 heterocycles. The van der Waals surface area contributed by atoms with Crippen molar-refractivity contribution in [1.82, 2.24) is 5.32 Å². The van der Waals surface area contributed by atoms with E-state index < -0.39 is 5.54 Å². The van der Waals surface area contributed by atoms with Gasteiger partial charge in [-0.25, -0.2) is 0 Å². The molecular formula is C20H27NO5. The van der Waals surface area contributed by atoms with Crippen LogP contribution < -0.4 is 5.32 Å². The van der Waals surface area contributed by atoms with E-state index in [1.54, 1.807) is 0 Å². The second-order valence-electron chi connectivity index (χ2n) is 7.13.